The van der Waals surface area contributed by atoms with Gasteiger partial charge in [-0.25, -0.2) is 0 Å². The normalized spacial score (nSPS) is 14.5. The second-order valence-electron chi connectivity index (χ2n) is 7.62. The van der Waals surface area contributed by atoms with Crippen molar-refractivity contribution in [2.75, 3.05) is 39.1 Å². The van der Waals surface area contributed by atoms with Crippen LogP contribution in [0.15, 0.2) is 48.5 Å². The number of anilines is 1. The standard InChI is InChI=1S/C23H28N6O2/c1-30-23-27-20(21(24)25)22(26)29(23)15-16-5-7-18(8-6-16)19-4-2-3-17(13-19)14-28-9-11-31-12-10-28/h2-8,13H,9-12,14-15,26H2,1H3,(H3,24,25). The molecule has 4 rings (SSSR count). The van der Waals surface area contributed by atoms with E-state index in [1.54, 1.807) is 4.57 Å². The number of methoxy groups -OCH3 is 1. The number of rotatable bonds is 7. The molecule has 0 radical (unpaired) electrons. The first kappa shape index (κ1) is 20.9. The molecule has 2 heterocycles. The lowest BCUT2D eigenvalue weighted by molar-refractivity contribution is 0.0342. The van der Waals surface area contributed by atoms with Crippen LogP contribution in [0.1, 0.15) is 16.8 Å². The van der Waals surface area contributed by atoms with E-state index in [1.807, 2.05) is 0 Å². The Morgan fingerprint density at radius 1 is 1.06 bits per heavy atom. The van der Waals surface area contributed by atoms with Gasteiger partial charge in [0.2, 0.25) is 0 Å². The third-order valence-electron chi connectivity index (χ3n) is 5.47. The number of benzene rings is 2. The van der Waals surface area contributed by atoms with Gasteiger partial charge in [-0.3, -0.25) is 14.9 Å². The summed E-state index contributed by atoms with van der Waals surface area (Å²) in [6.45, 7) is 4.98. The van der Waals surface area contributed by atoms with Crippen molar-refractivity contribution in [2.24, 2.45) is 5.73 Å². The maximum Gasteiger partial charge on any atom is 0.298 e. The Morgan fingerprint density at radius 3 is 2.48 bits per heavy atom. The predicted molar refractivity (Wildman–Crippen MR) is 121 cm³/mol. The lowest BCUT2D eigenvalue weighted by Crippen LogP contribution is -2.35. The largest absolute Gasteiger partial charge is 0.468 e. The van der Waals surface area contributed by atoms with Gasteiger partial charge in [0.05, 0.1) is 26.9 Å². The number of nitrogens with two attached hydrogens (primary N) is 2. The van der Waals surface area contributed by atoms with E-state index in [-0.39, 0.29) is 11.5 Å². The Morgan fingerprint density at radius 2 is 1.81 bits per heavy atom. The van der Waals surface area contributed by atoms with Crippen molar-refractivity contribution < 1.29 is 9.47 Å². The zero-order valence-electron chi connectivity index (χ0n) is 17.7. The number of hydrogen-bond donors (Lipinski definition) is 3. The summed E-state index contributed by atoms with van der Waals surface area (Å²) in [6.07, 6.45) is 0. The first-order chi connectivity index (χ1) is 15.0. The molecule has 31 heavy (non-hydrogen) atoms. The van der Waals surface area contributed by atoms with E-state index in [0.717, 1.165) is 44.0 Å². The molecule has 0 saturated carbocycles. The Kier molecular flexibility index (Phi) is 6.20. The fraction of sp³-hybridized carbons (Fsp3) is 0.304. The summed E-state index contributed by atoms with van der Waals surface area (Å²) >= 11 is 0. The lowest BCUT2D eigenvalue weighted by Gasteiger charge is -2.26. The smallest absolute Gasteiger partial charge is 0.298 e. The molecule has 0 aliphatic carbocycles. The van der Waals surface area contributed by atoms with E-state index in [4.69, 9.17) is 26.4 Å². The van der Waals surface area contributed by atoms with Crippen molar-refractivity contribution in [3.05, 3.63) is 65.4 Å². The molecule has 5 N–H and O–H groups in total. The van der Waals surface area contributed by atoms with Gasteiger partial charge < -0.3 is 20.9 Å². The van der Waals surface area contributed by atoms with Crippen molar-refractivity contribution in [3.63, 3.8) is 0 Å². The van der Waals surface area contributed by atoms with Gasteiger partial charge in [0.15, 0.2) is 5.69 Å². The Balaban J connectivity index is 1.50. The second-order valence-corrected chi connectivity index (χ2v) is 7.62. The van der Waals surface area contributed by atoms with Crippen LogP contribution in [-0.2, 0) is 17.8 Å². The van der Waals surface area contributed by atoms with E-state index >= 15 is 0 Å². The van der Waals surface area contributed by atoms with E-state index in [2.05, 4.69) is 58.4 Å². The average molecular weight is 421 g/mol. The van der Waals surface area contributed by atoms with Crippen LogP contribution in [0.2, 0.25) is 0 Å². The number of nitrogens with zero attached hydrogens (tertiary/aromatic N) is 3. The molecular formula is C23H28N6O2. The van der Waals surface area contributed by atoms with Crippen molar-refractivity contribution in [3.8, 4) is 17.1 Å². The highest BCUT2D eigenvalue weighted by molar-refractivity contribution is 5.97. The van der Waals surface area contributed by atoms with Crippen LogP contribution in [0.25, 0.3) is 11.1 Å². The monoisotopic (exact) mass is 420 g/mol. The number of morpholine rings is 1. The molecule has 0 bridgehead atoms. The van der Waals surface area contributed by atoms with Crippen molar-refractivity contribution in [2.45, 2.75) is 13.1 Å². The Labute approximate surface area is 181 Å². The number of ether oxygens (including phenoxy) is 2. The number of aromatic nitrogens is 2. The minimum atomic E-state index is -0.179. The summed E-state index contributed by atoms with van der Waals surface area (Å²) < 4.78 is 12.5. The SMILES string of the molecule is COc1nc(C(=N)N)c(N)n1Cc1ccc(-c2cccc(CN3CCOCC3)c2)cc1. The number of nitrogen functional groups attached to an aromatic ring is 2. The second kappa shape index (κ2) is 9.20. The van der Waals surface area contributed by atoms with Gasteiger partial charge in [-0.2, -0.15) is 4.98 Å². The van der Waals surface area contributed by atoms with Gasteiger partial charge in [0.25, 0.3) is 6.01 Å². The van der Waals surface area contributed by atoms with Gasteiger partial charge in [0, 0.05) is 19.6 Å². The summed E-state index contributed by atoms with van der Waals surface area (Å²) in [5, 5.41) is 7.62. The first-order valence-corrected chi connectivity index (χ1v) is 10.3. The fourth-order valence-electron chi connectivity index (χ4n) is 3.80. The van der Waals surface area contributed by atoms with E-state index in [1.165, 1.54) is 18.2 Å². The van der Waals surface area contributed by atoms with Crippen LogP contribution in [0, 0.1) is 5.41 Å². The topological polar surface area (TPSA) is 115 Å². The maximum atomic E-state index is 7.62. The molecule has 162 valence electrons. The molecule has 0 atom stereocenters. The van der Waals surface area contributed by atoms with Crippen LogP contribution in [0.5, 0.6) is 6.01 Å². The molecule has 8 heteroatoms. The zero-order valence-corrected chi connectivity index (χ0v) is 17.7. The molecule has 1 aliphatic rings. The number of hydrogen-bond acceptors (Lipinski definition) is 6. The van der Waals surface area contributed by atoms with Crippen molar-refractivity contribution >= 4 is 11.7 Å². The molecule has 1 aromatic heterocycles. The van der Waals surface area contributed by atoms with Gasteiger partial charge in [-0.15, -0.1) is 0 Å². The lowest BCUT2D eigenvalue weighted by atomic mass is 10.0. The van der Waals surface area contributed by atoms with Crippen LogP contribution < -0.4 is 16.2 Å². The first-order valence-electron chi connectivity index (χ1n) is 10.3. The molecule has 0 amide bonds. The van der Waals surface area contributed by atoms with Gasteiger partial charge in [-0.05, 0) is 28.3 Å². The number of imidazole rings is 1. The van der Waals surface area contributed by atoms with Gasteiger partial charge in [0.1, 0.15) is 11.7 Å². The molecule has 0 unspecified atom stereocenters. The van der Waals surface area contributed by atoms with Crippen LogP contribution >= 0.6 is 0 Å². The minimum Gasteiger partial charge on any atom is -0.468 e. The summed E-state index contributed by atoms with van der Waals surface area (Å²) in [5.74, 6) is 0.145. The van der Waals surface area contributed by atoms with E-state index < -0.39 is 0 Å². The minimum absolute atomic E-state index is 0.179. The van der Waals surface area contributed by atoms with Crippen LogP contribution in [-0.4, -0.2) is 53.7 Å². The third-order valence-corrected chi connectivity index (χ3v) is 5.47. The average Bonchev–Trinajstić information content (AvgIpc) is 3.11. The van der Waals surface area contributed by atoms with Gasteiger partial charge in [-0.1, -0.05) is 42.5 Å². The fourth-order valence-corrected chi connectivity index (χ4v) is 3.80. The summed E-state index contributed by atoms with van der Waals surface area (Å²) in [6, 6.07) is 17.3. The molecule has 1 aliphatic heterocycles. The van der Waals surface area contributed by atoms with E-state index in [9.17, 15) is 0 Å². The molecule has 1 saturated heterocycles. The summed E-state index contributed by atoms with van der Waals surface area (Å²) in [7, 11) is 1.52. The highest BCUT2D eigenvalue weighted by atomic mass is 16.5. The predicted octanol–water partition coefficient (Wildman–Crippen LogP) is 2.31. The highest BCUT2D eigenvalue weighted by Gasteiger charge is 2.17. The molecule has 3 aromatic rings. The van der Waals surface area contributed by atoms with E-state index in [0.29, 0.717) is 18.4 Å². The Hall–Kier alpha value is -3.36. The molecule has 0 spiro atoms. The summed E-state index contributed by atoms with van der Waals surface area (Å²) in [5.41, 5.74) is 16.6. The molecular weight excluding hydrogens is 392 g/mol. The maximum absolute atomic E-state index is 7.62. The number of nitrogens with one attached hydrogen (secondary N) is 1. The number of amidine groups is 1. The van der Waals surface area contributed by atoms with Crippen molar-refractivity contribution in [1.82, 2.24) is 14.5 Å². The van der Waals surface area contributed by atoms with Gasteiger partial charge >= 0.3 is 0 Å². The quantitative estimate of drug-likeness (QED) is 0.399. The van der Waals surface area contributed by atoms with Crippen LogP contribution in [0.3, 0.4) is 0 Å². The third kappa shape index (κ3) is 4.70. The molecule has 1 fully saturated rings. The molecule has 8 nitrogen and oxygen atoms in total. The van der Waals surface area contributed by atoms with Crippen LogP contribution in [0.4, 0.5) is 5.82 Å². The molecule has 2 aromatic carbocycles. The zero-order chi connectivity index (χ0) is 21.8. The Bertz CT molecular complexity index is 1050. The summed E-state index contributed by atoms with van der Waals surface area (Å²) in [4.78, 5) is 6.62. The van der Waals surface area contributed by atoms with Crippen molar-refractivity contribution in [1.29, 1.82) is 5.41 Å². The highest BCUT2D eigenvalue weighted by Crippen LogP contribution is 2.25.